The van der Waals surface area contributed by atoms with Gasteiger partial charge in [0.1, 0.15) is 0 Å². The topological polar surface area (TPSA) is 181 Å². The zero-order valence-electron chi connectivity index (χ0n) is 9.88. The maximum Gasteiger partial charge on any atom is 0.466 e. The molecule has 1 aliphatic heterocycles. The van der Waals surface area contributed by atoms with E-state index in [1.807, 2.05) is 4.90 Å². The normalized spacial score (nSPS) is 15.6. The Labute approximate surface area is 108 Å². The van der Waals surface area contributed by atoms with Gasteiger partial charge in [-0.25, -0.2) is 4.57 Å². The molecule has 1 saturated heterocycles. The summed E-state index contributed by atoms with van der Waals surface area (Å²) in [4.78, 5) is 35.2. The molecule has 0 atom stereocenters. The van der Waals surface area contributed by atoms with Crippen LogP contribution in [0, 0.1) is 0 Å². The van der Waals surface area contributed by atoms with Crippen molar-refractivity contribution in [2.45, 2.75) is 0 Å². The first-order chi connectivity index (χ1) is 8.75. The monoisotopic (exact) mass is 294 g/mol. The van der Waals surface area contributed by atoms with E-state index in [0.29, 0.717) is 19.2 Å². The van der Waals surface area contributed by atoms with Gasteiger partial charge in [0, 0.05) is 13.1 Å². The first-order valence-electron chi connectivity index (χ1n) is 5.13. The van der Waals surface area contributed by atoms with Crippen LogP contribution in [0.1, 0.15) is 0 Å². The molecular weight excluding hydrogens is 279 g/mol. The highest BCUT2D eigenvalue weighted by Gasteiger charge is 2.14. The molecule has 0 aliphatic carbocycles. The van der Waals surface area contributed by atoms with Crippen LogP contribution in [0.15, 0.2) is 0 Å². The number of anilines is 3. The fourth-order valence-electron chi connectivity index (χ4n) is 1.30. The molecule has 0 spiro atoms. The standard InChI is InChI=1S/C7H12N6O.H3O4P/c8-5-10-6(9)12-7(11-5)13-1-3-14-4-2-13;1-5(2,3)4/h1-4H2,(H4,8,9,10,11,12);(H3,1,2,3,4). The van der Waals surface area contributed by atoms with Crippen LogP contribution in [0.3, 0.4) is 0 Å². The van der Waals surface area contributed by atoms with E-state index in [1.54, 1.807) is 0 Å². The van der Waals surface area contributed by atoms with Gasteiger partial charge < -0.3 is 35.8 Å². The summed E-state index contributed by atoms with van der Waals surface area (Å²) in [5.74, 6) is 0.830. The van der Waals surface area contributed by atoms with E-state index in [4.69, 9.17) is 35.4 Å². The van der Waals surface area contributed by atoms with E-state index >= 15 is 0 Å². The number of aromatic nitrogens is 3. The zero-order chi connectivity index (χ0) is 14.5. The minimum absolute atomic E-state index is 0.152. The molecule has 1 fully saturated rings. The second-order valence-corrected chi connectivity index (χ2v) is 4.49. The molecule has 11 nitrogen and oxygen atoms in total. The number of phosphoric acid groups is 1. The third kappa shape index (κ3) is 6.84. The number of hydrogen-bond donors (Lipinski definition) is 5. The number of hydrogen-bond acceptors (Lipinski definition) is 8. The molecule has 0 bridgehead atoms. The van der Waals surface area contributed by atoms with Crippen molar-refractivity contribution in [3.8, 4) is 0 Å². The van der Waals surface area contributed by atoms with Crippen LogP contribution in [0.25, 0.3) is 0 Å². The fourth-order valence-corrected chi connectivity index (χ4v) is 1.30. The van der Waals surface area contributed by atoms with Crippen LogP contribution in [0.2, 0.25) is 0 Å². The van der Waals surface area contributed by atoms with E-state index < -0.39 is 7.82 Å². The van der Waals surface area contributed by atoms with Gasteiger partial charge >= 0.3 is 7.82 Å². The first-order valence-corrected chi connectivity index (χ1v) is 6.70. The third-order valence-corrected chi connectivity index (χ3v) is 1.95. The Hall–Kier alpha value is -1.52. The lowest BCUT2D eigenvalue weighted by molar-refractivity contribution is 0.122. The highest BCUT2D eigenvalue weighted by Crippen LogP contribution is 2.25. The first kappa shape index (κ1) is 15.5. The average molecular weight is 294 g/mol. The second-order valence-electron chi connectivity index (χ2n) is 3.46. The van der Waals surface area contributed by atoms with Crippen LogP contribution < -0.4 is 16.4 Å². The molecular formula is C7H15N6O5P. The number of ether oxygens (including phenoxy) is 1. The lowest BCUT2D eigenvalue weighted by atomic mass is 10.4. The molecule has 2 heterocycles. The molecule has 1 aliphatic rings. The molecule has 0 unspecified atom stereocenters. The molecule has 1 aromatic heterocycles. The molecule has 108 valence electrons. The van der Waals surface area contributed by atoms with Gasteiger partial charge in [0.2, 0.25) is 17.8 Å². The van der Waals surface area contributed by atoms with Crippen molar-refractivity contribution in [3.05, 3.63) is 0 Å². The number of rotatable bonds is 1. The Morgan fingerprint density at radius 2 is 1.47 bits per heavy atom. The molecule has 12 heteroatoms. The summed E-state index contributed by atoms with van der Waals surface area (Å²) in [6.07, 6.45) is 0. The highest BCUT2D eigenvalue weighted by molar-refractivity contribution is 7.45. The Morgan fingerprint density at radius 1 is 1.05 bits per heavy atom. The van der Waals surface area contributed by atoms with Crippen LogP contribution >= 0.6 is 7.82 Å². The molecule has 19 heavy (non-hydrogen) atoms. The molecule has 0 saturated carbocycles. The summed E-state index contributed by atoms with van der Waals surface area (Å²) in [6, 6.07) is 0. The van der Waals surface area contributed by atoms with Gasteiger partial charge in [-0.1, -0.05) is 0 Å². The van der Waals surface area contributed by atoms with Crippen LogP contribution in [-0.4, -0.2) is 55.9 Å². The van der Waals surface area contributed by atoms with E-state index in [1.165, 1.54) is 0 Å². The number of morpholine rings is 1. The summed E-state index contributed by atoms with van der Waals surface area (Å²) in [6.45, 7) is 2.85. The predicted octanol–water partition coefficient (Wildman–Crippen LogP) is -2.06. The Kier molecular flexibility index (Phi) is 5.39. The molecule has 0 radical (unpaired) electrons. The van der Waals surface area contributed by atoms with Crippen LogP contribution in [0.5, 0.6) is 0 Å². The van der Waals surface area contributed by atoms with Crippen LogP contribution in [0.4, 0.5) is 17.8 Å². The predicted molar refractivity (Wildman–Crippen MR) is 65.9 cm³/mol. The van der Waals surface area contributed by atoms with Gasteiger partial charge in [-0.05, 0) is 0 Å². The maximum atomic E-state index is 8.88. The van der Waals surface area contributed by atoms with Gasteiger partial charge in [-0.3, -0.25) is 0 Å². The molecule has 0 aromatic carbocycles. The van der Waals surface area contributed by atoms with Crippen molar-refractivity contribution >= 4 is 25.7 Å². The summed E-state index contributed by atoms with van der Waals surface area (Å²) < 4.78 is 14.1. The van der Waals surface area contributed by atoms with E-state index in [-0.39, 0.29) is 11.9 Å². The second kappa shape index (κ2) is 6.59. The lowest BCUT2D eigenvalue weighted by Crippen LogP contribution is -2.37. The summed E-state index contributed by atoms with van der Waals surface area (Å²) >= 11 is 0. The minimum Gasteiger partial charge on any atom is -0.378 e. The van der Waals surface area contributed by atoms with Crippen LogP contribution in [-0.2, 0) is 9.30 Å². The van der Waals surface area contributed by atoms with Crippen molar-refractivity contribution in [2.24, 2.45) is 0 Å². The fraction of sp³-hybridized carbons (Fsp3) is 0.571. The smallest absolute Gasteiger partial charge is 0.378 e. The van der Waals surface area contributed by atoms with Gasteiger partial charge in [-0.15, -0.1) is 0 Å². The SMILES string of the molecule is Nc1nc(N)nc(N2CCOCC2)n1.O=P(O)(O)O. The molecule has 2 rings (SSSR count). The zero-order valence-corrected chi connectivity index (χ0v) is 10.8. The third-order valence-electron chi connectivity index (χ3n) is 1.95. The number of nitrogens with zero attached hydrogens (tertiary/aromatic N) is 4. The van der Waals surface area contributed by atoms with Crippen molar-refractivity contribution in [1.29, 1.82) is 0 Å². The van der Waals surface area contributed by atoms with E-state index in [2.05, 4.69) is 15.0 Å². The van der Waals surface area contributed by atoms with Gasteiger partial charge in [0.05, 0.1) is 13.2 Å². The highest BCUT2D eigenvalue weighted by atomic mass is 31.2. The van der Waals surface area contributed by atoms with E-state index in [9.17, 15) is 0 Å². The van der Waals surface area contributed by atoms with E-state index in [0.717, 1.165) is 13.1 Å². The minimum atomic E-state index is -4.64. The van der Waals surface area contributed by atoms with Gasteiger partial charge in [-0.2, -0.15) is 15.0 Å². The molecule has 0 amide bonds. The lowest BCUT2D eigenvalue weighted by Gasteiger charge is -2.26. The Balaban J connectivity index is 0.000000312. The Morgan fingerprint density at radius 3 is 1.89 bits per heavy atom. The van der Waals surface area contributed by atoms with Gasteiger partial charge in [0.25, 0.3) is 0 Å². The molecule has 1 aromatic rings. The maximum absolute atomic E-state index is 8.88. The number of nitrogens with two attached hydrogens (primary N) is 2. The number of nitrogen functional groups attached to an aromatic ring is 2. The largest absolute Gasteiger partial charge is 0.466 e. The van der Waals surface area contributed by atoms with Gasteiger partial charge in [0.15, 0.2) is 0 Å². The van der Waals surface area contributed by atoms with Crippen molar-refractivity contribution in [2.75, 3.05) is 42.7 Å². The summed E-state index contributed by atoms with van der Waals surface area (Å²) in [7, 11) is -4.64. The summed E-state index contributed by atoms with van der Waals surface area (Å²) in [5, 5.41) is 0. The van der Waals surface area contributed by atoms with Crippen molar-refractivity contribution < 1.29 is 24.0 Å². The average Bonchev–Trinajstić information content (AvgIpc) is 2.26. The van der Waals surface area contributed by atoms with Crippen molar-refractivity contribution in [3.63, 3.8) is 0 Å². The quantitative estimate of drug-likeness (QED) is 0.359. The summed E-state index contributed by atoms with van der Waals surface area (Å²) in [5.41, 5.74) is 10.9. The van der Waals surface area contributed by atoms with Crippen molar-refractivity contribution in [1.82, 2.24) is 15.0 Å². The Bertz CT molecular complexity index is 433. The molecule has 7 N–H and O–H groups in total.